The van der Waals surface area contributed by atoms with E-state index < -0.39 is 0 Å². The van der Waals surface area contributed by atoms with Gasteiger partial charge in [-0.2, -0.15) is 5.10 Å². The highest BCUT2D eigenvalue weighted by atomic mass is 16.2. The Kier molecular flexibility index (Phi) is 5.39. The number of aromatic nitrogens is 2. The van der Waals surface area contributed by atoms with E-state index in [0.29, 0.717) is 32.2 Å². The lowest BCUT2D eigenvalue weighted by Crippen LogP contribution is -2.56. The van der Waals surface area contributed by atoms with E-state index in [1.807, 2.05) is 25.1 Å². The van der Waals surface area contributed by atoms with Gasteiger partial charge in [-0.05, 0) is 26.8 Å². The molecule has 138 valence electrons. The third-order valence-electron chi connectivity index (χ3n) is 5.07. The third kappa shape index (κ3) is 4.19. The van der Waals surface area contributed by atoms with Crippen LogP contribution in [0.5, 0.6) is 0 Å². The van der Waals surface area contributed by atoms with Crippen molar-refractivity contribution in [1.82, 2.24) is 30.2 Å². The largest absolute Gasteiger partial charge is 0.352 e. The number of piperazine rings is 1. The van der Waals surface area contributed by atoms with Crippen LogP contribution in [0.2, 0.25) is 0 Å². The number of rotatable bonds is 6. The summed E-state index contributed by atoms with van der Waals surface area (Å²) in [6.45, 7) is 4.65. The minimum atomic E-state index is -0.379. The molecule has 0 radical (unpaired) electrons. The molecule has 0 aromatic carbocycles. The molecule has 0 bridgehead atoms. The zero-order valence-electron chi connectivity index (χ0n) is 15.2. The predicted molar refractivity (Wildman–Crippen MR) is 93.8 cm³/mol. The number of nitrogens with zero attached hydrogens (tertiary/aromatic N) is 4. The minimum Gasteiger partial charge on any atom is -0.352 e. The number of likely N-dealkylation sites (N-methyl/N-ethyl adjacent to an activating group) is 1. The number of hydrogen-bond donors (Lipinski definition) is 2. The summed E-state index contributed by atoms with van der Waals surface area (Å²) in [6, 6.07) is -0.138. The molecule has 0 spiro atoms. The summed E-state index contributed by atoms with van der Waals surface area (Å²) in [6.07, 6.45) is 5.78. The first-order chi connectivity index (χ1) is 12.0. The molecule has 1 saturated carbocycles. The average molecular weight is 348 g/mol. The van der Waals surface area contributed by atoms with Gasteiger partial charge < -0.3 is 15.5 Å². The van der Waals surface area contributed by atoms with Crippen molar-refractivity contribution in [3.8, 4) is 0 Å². The molecule has 1 aliphatic carbocycles. The van der Waals surface area contributed by atoms with Gasteiger partial charge in [-0.15, -0.1) is 0 Å². The lowest BCUT2D eigenvalue weighted by atomic mass is 10.1. The molecule has 8 nitrogen and oxygen atoms in total. The fourth-order valence-corrected chi connectivity index (χ4v) is 3.25. The Morgan fingerprint density at radius 2 is 1.92 bits per heavy atom. The van der Waals surface area contributed by atoms with E-state index in [1.54, 1.807) is 17.9 Å². The number of amides is 2. The highest BCUT2D eigenvalue weighted by Crippen LogP contribution is 2.20. The summed E-state index contributed by atoms with van der Waals surface area (Å²) in [4.78, 5) is 29.1. The third-order valence-corrected chi connectivity index (χ3v) is 5.07. The molecule has 25 heavy (non-hydrogen) atoms. The molecular formula is C17H28N6O2. The fraction of sp³-hybridized carbons (Fsp3) is 0.706. The van der Waals surface area contributed by atoms with Crippen molar-refractivity contribution in [2.24, 2.45) is 7.05 Å². The van der Waals surface area contributed by atoms with Crippen molar-refractivity contribution in [3.05, 3.63) is 18.0 Å². The quantitative estimate of drug-likeness (QED) is 0.724. The molecule has 3 rings (SSSR count). The monoisotopic (exact) mass is 348 g/mol. The molecule has 2 atom stereocenters. The summed E-state index contributed by atoms with van der Waals surface area (Å²) in [5.74, 6) is 0.163. The number of nitrogens with one attached hydrogen (secondary N) is 2. The van der Waals surface area contributed by atoms with E-state index in [2.05, 4.69) is 20.6 Å². The van der Waals surface area contributed by atoms with Gasteiger partial charge in [0.05, 0.1) is 12.2 Å². The Balaban J connectivity index is 1.53. The Hall–Kier alpha value is -1.93. The van der Waals surface area contributed by atoms with E-state index in [4.69, 9.17) is 0 Å². The summed E-state index contributed by atoms with van der Waals surface area (Å²) in [7, 11) is 3.63. The molecule has 2 heterocycles. The van der Waals surface area contributed by atoms with Crippen LogP contribution in [0.15, 0.2) is 12.4 Å². The number of hydrogen-bond acceptors (Lipinski definition) is 5. The highest BCUT2D eigenvalue weighted by molar-refractivity contribution is 5.83. The maximum absolute atomic E-state index is 12.8. The lowest BCUT2D eigenvalue weighted by Gasteiger charge is -2.38. The van der Waals surface area contributed by atoms with Crippen molar-refractivity contribution >= 4 is 11.8 Å². The van der Waals surface area contributed by atoms with E-state index in [9.17, 15) is 9.59 Å². The van der Waals surface area contributed by atoms with Crippen molar-refractivity contribution in [2.75, 3.05) is 33.2 Å². The van der Waals surface area contributed by atoms with Gasteiger partial charge in [0.25, 0.3) is 0 Å². The summed E-state index contributed by atoms with van der Waals surface area (Å²) < 4.78 is 1.70. The maximum atomic E-state index is 12.8. The highest BCUT2D eigenvalue weighted by Gasteiger charge is 2.32. The molecule has 2 unspecified atom stereocenters. The normalized spacial score (nSPS) is 21.0. The molecular weight excluding hydrogens is 320 g/mol. The van der Waals surface area contributed by atoms with E-state index in [0.717, 1.165) is 18.4 Å². The molecule has 1 saturated heterocycles. The molecule has 1 aromatic heterocycles. The summed E-state index contributed by atoms with van der Waals surface area (Å²) in [5.41, 5.74) is 0.870. The predicted octanol–water partition coefficient (Wildman–Crippen LogP) is -0.508. The smallest absolute Gasteiger partial charge is 0.244 e. The summed E-state index contributed by atoms with van der Waals surface area (Å²) >= 11 is 0. The Labute approximate surface area is 148 Å². The van der Waals surface area contributed by atoms with Gasteiger partial charge >= 0.3 is 0 Å². The first kappa shape index (κ1) is 17.9. The van der Waals surface area contributed by atoms with Crippen LogP contribution in [0.25, 0.3) is 0 Å². The van der Waals surface area contributed by atoms with Gasteiger partial charge in [0.1, 0.15) is 6.04 Å². The molecule has 2 fully saturated rings. The fourth-order valence-electron chi connectivity index (χ4n) is 3.25. The SMILES string of the molecule is CNC(C(=O)N1CCN(C(C)C(=O)NC2CC2)CC1)c1cnn(C)c1. The topological polar surface area (TPSA) is 82.5 Å². The van der Waals surface area contributed by atoms with Crippen molar-refractivity contribution in [3.63, 3.8) is 0 Å². The van der Waals surface area contributed by atoms with Crippen LogP contribution < -0.4 is 10.6 Å². The molecule has 2 amide bonds. The Morgan fingerprint density at radius 3 is 2.44 bits per heavy atom. The first-order valence-electron chi connectivity index (χ1n) is 8.98. The van der Waals surface area contributed by atoms with Gasteiger partial charge in [-0.1, -0.05) is 0 Å². The molecule has 2 N–H and O–H groups in total. The second-order valence-corrected chi connectivity index (χ2v) is 6.99. The molecule has 1 aliphatic heterocycles. The molecule has 2 aliphatic rings. The second-order valence-electron chi connectivity index (χ2n) is 6.99. The van der Waals surface area contributed by atoms with Gasteiger partial charge in [0, 0.05) is 51.0 Å². The van der Waals surface area contributed by atoms with E-state index in [1.165, 1.54) is 0 Å². The van der Waals surface area contributed by atoms with Crippen LogP contribution in [-0.2, 0) is 16.6 Å². The van der Waals surface area contributed by atoms with Crippen LogP contribution in [0, 0.1) is 0 Å². The number of carbonyl (C=O) groups excluding carboxylic acids is 2. The summed E-state index contributed by atoms with van der Waals surface area (Å²) in [5, 5.41) is 10.3. The Bertz CT molecular complexity index is 618. The van der Waals surface area contributed by atoms with Crippen LogP contribution >= 0.6 is 0 Å². The van der Waals surface area contributed by atoms with Gasteiger partial charge in [-0.25, -0.2) is 0 Å². The standard InChI is InChI=1S/C17H28N6O2/c1-12(16(24)20-14-4-5-14)22-6-8-23(9-7-22)17(25)15(18-2)13-10-19-21(3)11-13/h10-12,14-15,18H,4-9H2,1-3H3,(H,20,24). The van der Waals surface area contributed by atoms with Gasteiger partial charge in [0.15, 0.2) is 0 Å². The van der Waals surface area contributed by atoms with Crippen LogP contribution in [-0.4, -0.2) is 76.7 Å². The van der Waals surface area contributed by atoms with Crippen molar-refractivity contribution in [1.29, 1.82) is 0 Å². The zero-order chi connectivity index (χ0) is 18.0. The average Bonchev–Trinajstić information content (AvgIpc) is 3.33. The van der Waals surface area contributed by atoms with Crippen molar-refractivity contribution < 1.29 is 9.59 Å². The Morgan fingerprint density at radius 1 is 1.24 bits per heavy atom. The minimum absolute atomic E-state index is 0.0604. The van der Waals surface area contributed by atoms with Gasteiger partial charge in [0.2, 0.25) is 11.8 Å². The zero-order valence-corrected chi connectivity index (χ0v) is 15.2. The lowest BCUT2D eigenvalue weighted by molar-refractivity contribution is -0.136. The van der Waals surface area contributed by atoms with E-state index in [-0.39, 0.29) is 23.9 Å². The van der Waals surface area contributed by atoms with Crippen molar-refractivity contribution in [2.45, 2.75) is 37.9 Å². The maximum Gasteiger partial charge on any atom is 0.244 e. The van der Waals surface area contributed by atoms with Crippen LogP contribution in [0.1, 0.15) is 31.4 Å². The van der Waals surface area contributed by atoms with Gasteiger partial charge in [-0.3, -0.25) is 19.2 Å². The second kappa shape index (κ2) is 7.53. The number of aryl methyl sites for hydroxylation is 1. The van der Waals surface area contributed by atoms with E-state index >= 15 is 0 Å². The number of carbonyl (C=O) groups is 2. The van der Waals surface area contributed by atoms with Crippen LogP contribution in [0.3, 0.4) is 0 Å². The molecule has 8 heteroatoms. The van der Waals surface area contributed by atoms with Crippen LogP contribution in [0.4, 0.5) is 0 Å². The molecule has 1 aromatic rings. The first-order valence-corrected chi connectivity index (χ1v) is 8.98.